The van der Waals surface area contributed by atoms with E-state index in [0.29, 0.717) is 29.4 Å². The molecule has 0 radical (unpaired) electrons. The number of benzene rings is 2. The fourth-order valence-corrected chi connectivity index (χ4v) is 2.18. The van der Waals surface area contributed by atoms with E-state index in [4.69, 9.17) is 14.2 Å². The highest BCUT2D eigenvalue weighted by Gasteiger charge is 2.11. The van der Waals surface area contributed by atoms with Crippen LogP contribution in [0.2, 0.25) is 0 Å². The van der Waals surface area contributed by atoms with E-state index in [1.165, 1.54) is 13.2 Å². The number of rotatable bonds is 8. The van der Waals surface area contributed by atoms with Crippen molar-refractivity contribution < 1.29 is 19.0 Å². The van der Waals surface area contributed by atoms with Gasteiger partial charge < -0.3 is 14.2 Å². The molecule has 0 aliphatic heterocycles. The molecule has 124 valence electrons. The fourth-order valence-electron chi connectivity index (χ4n) is 2.18. The van der Waals surface area contributed by atoms with Gasteiger partial charge in [-0.2, -0.15) is 0 Å². The van der Waals surface area contributed by atoms with Gasteiger partial charge in [-0.3, -0.25) is 4.79 Å². The Balaban J connectivity index is 2.22. The van der Waals surface area contributed by atoms with E-state index >= 15 is 0 Å². The van der Waals surface area contributed by atoms with Crippen molar-refractivity contribution in [1.29, 1.82) is 0 Å². The molecule has 0 aliphatic carbocycles. The molecule has 0 bridgehead atoms. The largest absolute Gasteiger partial charge is 0.496 e. The SMILES string of the molecule is C=CCOc1ccc(C(=O)/C=C/c2ccccc2OC)c(OC)c1. The van der Waals surface area contributed by atoms with Gasteiger partial charge in [0.05, 0.1) is 19.8 Å². The maximum absolute atomic E-state index is 12.5. The first-order valence-electron chi connectivity index (χ1n) is 7.46. The Labute approximate surface area is 142 Å². The van der Waals surface area contributed by atoms with Crippen LogP contribution < -0.4 is 14.2 Å². The molecule has 0 saturated carbocycles. The van der Waals surface area contributed by atoms with Crippen LogP contribution in [0.25, 0.3) is 6.08 Å². The molecule has 0 unspecified atom stereocenters. The van der Waals surface area contributed by atoms with Crippen LogP contribution in [0.5, 0.6) is 17.2 Å². The summed E-state index contributed by atoms with van der Waals surface area (Å²) in [6.45, 7) is 3.99. The molecule has 0 heterocycles. The minimum Gasteiger partial charge on any atom is -0.496 e. The van der Waals surface area contributed by atoms with E-state index in [0.717, 1.165) is 5.56 Å². The number of methoxy groups -OCH3 is 2. The average molecular weight is 324 g/mol. The number of hydrogen-bond donors (Lipinski definition) is 0. The van der Waals surface area contributed by atoms with Gasteiger partial charge in [-0.25, -0.2) is 0 Å². The molecule has 24 heavy (non-hydrogen) atoms. The number of ketones is 1. The lowest BCUT2D eigenvalue weighted by molar-refractivity contribution is 0.104. The van der Waals surface area contributed by atoms with Crippen molar-refractivity contribution in [2.24, 2.45) is 0 Å². The quantitative estimate of drug-likeness (QED) is 0.415. The van der Waals surface area contributed by atoms with Crippen LogP contribution >= 0.6 is 0 Å². The van der Waals surface area contributed by atoms with Gasteiger partial charge in [0.1, 0.15) is 23.9 Å². The van der Waals surface area contributed by atoms with Crippen molar-refractivity contribution in [2.75, 3.05) is 20.8 Å². The molecule has 2 rings (SSSR count). The summed E-state index contributed by atoms with van der Waals surface area (Å²) in [5.41, 5.74) is 1.30. The molecule has 2 aromatic carbocycles. The molecule has 0 aliphatic rings. The zero-order valence-electron chi connectivity index (χ0n) is 13.8. The molecule has 0 spiro atoms. The van der Waals surface area contributed by atoms with Crippen molar-refractivity contribution in [3.05, 3.63) is 72.3 Å². The van der Waals surface area contributed by atoms with Gasteiger partial charge in [0.25, 0.3) is 0 Å². The Kier molecular flexibility index (Phi) is 6.20. The molecule has 0 atom stereocenters. The van der Waals surface area contributed by atoms with Crippen LogP contribution in [-0.2, 0) is 0 Å². The maximum Gasteiger partial charge on any atom is 0.189 e. The molecule has 0 aromatic heterocycles. The van der Waals surface area contributed by atoms with E-state index < -0.39 is 0 Å². The molecule has 4 nitrogen and oxygen atoms in total. The zero-order chi connectivity index (χ0) is 17.4. The van der Waals surface area contributed by atoms with Crippen LogP contribution in [0, 0.1) is 0 Å². The standard InChI is InChI=1S/C20H20O4/c1-4-13-24-16-10-11-17(20(14-16)23-3)18(21)12-9-15-7-5-6-8-19(15)22-2/h4-12,14H,1,13H2,2-3H3/b12-9+. The topological polar surface area (TPSA) is 44.8 Å². The molecule has 4 heteroatoms. The van der Waals surface area contributed by atoms with Gasteiger partial charge in [-0.15, -0.1) is 0 Å². The molecule has 0 N–H and O–H groups in total. The van der Waals surface area contributed by atoms with Crippen molar-refractivity contribution in [3.8, 4) is 17.2 Å². The fraction of sp³-hybridized carbons (Fsp3) is 0.150. The lowest BCUT2D eigenvalue weighted by atomic mass is 10.1. The second-order valence-corrected chi connectivity index (χ2v) is 4.90. The number of hydrogen-bond acceptors (Lipinski definition) is 4. The highest BCUT2D eigenvalue weighted by atomic mass is 16.5. The summed E-state index contributed by atoms with van der Waals surface area (Å²) in [7, 11) is 3.12. The third kappa shape index (κ3) is 4.26. The maximum atomic E-state index is 12.5. The summed E-state index contributed by atoms with van der Waals surface area (Å²) in [4.78, 5) is 12.5. The Morgan fingerprint density at radius 1 is 1.08 bits per heavy atom. The van der Waals surface area contributed by atoms with Gasteiger partial charge in [0, 0.05) is 11.6 Å². The molecular weight excluding hydrogens is 304 g/mol. The van der Waals surface area contributed by atoms with Crippen molar-refractivity contribution in [3.63, 3.8) is 0 Å². The Bertz CT molecular complexity index is 747. The highest BCUT2D eigenvalue weighted by Crippen LogP contribution is 2.26. The lowest BCUT2D eigenvalue weighted by Gasteiger charge is -2.09. The summed E-state index contributed by atoms with van der Waals surface area (Å²) < 4.78 is 16.0. The zero-order valence-corrected chi connectivity index (χ0v) is 13.8. The number of para-hydroxylation sites is 1. The Hall–Kier alpha value is -3.01. The van der Waals surface area contributed by atoms with Crippen molar-refractivity contribution in [1.82, 2.24) is 0 Å². The third-order valence-corrected chi connectivity index (χ3v) is 3.36. The van der Waals surface area contributed by atoms with Gasteiger partial charge in [0.2, 0.25) is 0 Å². The smallest absolute Gasteiger partial charge is 0.189 e. The highest BCUT2D eigenvalue weighted by molar-refractivity contribution is 6.08. The Morgan fingerprint density at radius 3 is 2.54 bits per heavy atom. The average Bonchev–Trinajstić information content (AvgIpc) is 2.64. The summed E-state index contributed by atoms with van der Waals surface area (Å²) >= 11 is 0. The Morgan fingerprint density at radius 2 is 1.83 bits per heavy atom. The van der Waals surface area contributed by atoms with Crippen LogP contribution in [0.4, 0.5) is 0 Å². The predicted molar refractivity (Wildman–Crippen MR) is 95.0 cm³/mol. The second-order valence-electron chi connectivity index (χ2n) is 4.90. The number of carbonyl (C=O) groups excluding carboxylic acids is 1. The molecule has 2 aromatic rings. The third-order valence-electron chi connectivity index (χ3n) is 3.36. The van der Waals surface area contributed by atoms with Crippen LogP contribution in [0.1, 0.15) is 15.9 Å². The molecule has 0 fully saturated rings. The summed E-state index contributed by atoms with van der Waals surface area (Å²) in [6.07, 6.45) is 4.88. The minimum absolute atomic E-state index is 0.159. The van der Waals surface area contributed by atoms with Crippen molar-refractivity contribution in [2.45, 2.75) is 0 Å². The number of ether oxygens (including phenoxy) is 3. The second kappa shape index (κ2) is 8.58. The normalized spacial score (nSPS) is 10.4. The van der Waals surface area contributed by atoms with E-state index in [1.54, 1.807) is 37.5 Å². The van der Waals surface area contributed by atoms with E-state index in [1.807, 2.05) is 24.3 Å². The van der Waals surface area contributed by atoms with E-state index in [2.05, 4.69) is 6.58 Å². The number of carbonyl (C=O) groups is 1. The van der Waals surface area contributed by atoms with Gasteiger partial charge in [-0.05, 0) is 30.4 Å². The number of allylic oxidation sites excluding steroid dienone is 1. The van der Waals surface area contributed by atoms with Crippen molar-refractivity contribution >= 4 is 11.9 Å². The minimum atomic E-state index is -0.159. The molecule has 0 amide bonds. The van der Waals surface area contributed by atoms with Gasteiger partial charge >= 0.3 is 0 Å². The van der Waals surface area contributed by atoms with E-state index in [9.17, 15) is 4.79 Å². The van der Waals surface area contributed by atoms with Gasteiger partial charge in [-0.1, -0.05) is 30.9 Å². The monoisotopic (exact) mass is 324 g/mol. The first-order valence-corrected chi connectivity index (χ1v) is 7.46. The first kappa shape index (κ1) is 17.3. The molecule has 0 saturated heterocycles. The van der Waals surface area contributed by atoms with Crippen LogP contribution in [0.3, 0.4) is 0 Å². The molecular formula is C20H20O4. The van der Waals surface area contributed by atoms with Gasteiger partial charge in [0.15, 0.2) is 5.78 Å². The first-order chi connectivity index (χ1) is 11.7. The van der Waals surface area contributed by atoms with Crippen LogP contribution in [0.15, 0.2) is 61.2 Å². The summed E-state index contributed by atoms with van der Waals surface area (Å²) in [5, 5.41) is 0. The van der Waals surface area contributed by atoms with Crippen LogP contribution in [-0.4, -0.2) is 26.6 Å². The van der Waals surface area contributed by atoms with E-state index in [-0.39, 0.29) is 5.78 Å². The summed E-state index contributed by atoms with van der Waals surface area (Å²) in [6, 6.07) is 12.6. The summed E-state index contributed by atoms with van der Waals surface area (Å²) in [5.74, 6) is 1.64. The predicted octanol–water partition coefficient (Wildman–Crippen LogP) is 4.16. The lowest BCUT2D eigenvalue weighted by Crippen LogP contribution is -2.00.